The molecule has 0 aromatic carbocycles. The summed E-state index contributed by atoms with van der Waals surface area (Å²) in [6.45, 7) is 2.73. The molecule has 0 bridgehead atoms. The van der Waals surface area contributed by atoms with Crippen molar-refractivity contribution >= 4 is 29.6 Å². The molecule has 0 aliphatic rings. The molecule has 16 nitrogen and oxygen atoms in total. The second-order valence-electron chi connectivity index (χ2n) is 11.2. The third-order valence-electron chi connectivity index (χ3n) is 7.23. The fraction of sp³-hybridized carbons (Fsp3) is 0.833. The van der Waals surface area contributed by atoms with Gasteiger partial charge in [-0.05, 0) is 90.3 Å². The third-order valence-corrected chi connectivity index (χ3v) is 7.23. The van der Waals surface area contributed by atoms with Gasteiger partial charge in [-0.1, -0.05) is 6.42 Å². The number of rotatable bonds is 30. The molecule has 16 heteroatoms. The normalized spacial score (nSPS) is 13.7. The summed E-state index contributed by atoms with van der Waals surface area (Å²) < 4.78 is 10.2. The third kappa shape index (κ3) is 21.8. The lowest BCUT2D eigenvalue weighted by molar-refractivity contribution is -0.142. The van der Waals surface area contributed by atoms with Gasteiger partial charge in [0.15, 0.2) is 0 Å². The molecule has 4 unspecified atom stereocenters. The molecular weight excluding hydrogens is 600 g/mol. The molecule has 46 heavy (non-hydrogen) atoms. The topological polar surface area (TPSA) is 276 Å². The maximum atomic E-state index is 13.4. The maximum Gasteiger partial charge on any atom is 0.326 e. The lowest BCUT2D eigenvalue weighted by Gasteiger charge is -2.25. The molecule has 0 rings (SSSR count). The van der Waals surface area contributed by atoms with Crippen LogP contribution in [-0.4, -0.2) is 112 Å². The summed E-state index contributed by atoms with van der Waals surface area (Å²) in [6.07, 6.45) is 5.82. The second-order valence-corrected chi connectivity index (χ2v) is 11.2. The number of nitrogens with two attached hydrogens (primary N) is 4. The highest BCUT2D eigenvalue weighted by Gasteiger charge is 2.30. The monoisotopic (exact) mass is 660 g/mol. The van der Waals surface area contributed by atoms with Crippen molar-refractivity contribution in [3.63, 3.8) is 0 Å². The predicted octanol–water partition coefficient (Wildman–Crippen LogP) is -1.42. The number of hydrogen-bond donors (Lipinski definition) is 9. The first kappa shape index (κ1) is 43.1. The summed E-state index contributed by atoms with van der Waals surface area (Å²) in [5, 5.41) is 20.4. The van der Waals surface area contributed by atoms with Gasteiger partial charge < -0.3 is 58.8 Å². The summed E-state index contributed by atoms with van der Waals surface area (Å²) in [4.78, 5) is 63.4. The number of carboxylic acid groups (broad SMARTS) is 1. The van der Waals surface area contributed by atoms with E-state index in [-0.39, 0.29) is 38.2 Å². The van der Waals surface area contributed by atoms with Crippen LogP contribution in [0.1, 0.15) is 83.5 Å². The van der Waals surface area contributed by atoms with Crippen LogP contribution in [0.5, 0.6) is 0 Å². The minimum absolute atomic E-state index is 0.171. The minimum Gasteiger partial charge on any atom is -0.480 e. The number of methoxy groups -OCH3 is 1. The van der Waals surface area contributed by atoms with Gasteiger partial charge in [0.25, 0.3) is 0 Å². The predicted molar refractivity (Wildman–Crippen MR) is 174 cm³/mol. The molecule has 0 saturated heterocycles. The van der Waals surface area contributed by atoms with Crippen molar-refractivity contribution in [1.82, 2.24) is 21.3 Å². The Morgan fingerprint density at radius 1 is 0.630 bits per heavy atom. The highest BCUT2D eigenvalue weighted by Crippen LogP contribution is 2.09. The number of unbranched alkanes of at least 4 members (excludes halogenated alkanes) is 4. The number of ether oxygens (including phenoxy) is 2. The smallest absolute Gasteiger partial charge is 0.326 e. The van der Waals surface area contributed by atoms with E-state index in [0.29, 0.717) is 97.2 Å². The van der Waals surface area contributed by atoms with E-state index in [4.69, 9.17) is 32.4 Å². The highest BCUT2D eigenvalue weighted by molar-refractivity contribution is 5.94. The van der Waals surface area contributed by atoms with E-state index in [1.165, 1.54) is 0 Å². The zero-order valence-corrected chi connectivity index (χ0v) is 27.6. The highest BCUT2D eigenvalue weighted by atomic mass is 16.5. The molecule has 268 valence electrons. The lowest BCUT2D eigenvalue weighted by atomic mass is 10.0. The molecule has 0 aromatic heterocycles. The van der Waals surface area contributed by atoms with Crippen LogP contribution in [0.4, 0.5) is 0 Å². The zero-order chi connectivity index (χ0) is 34.6. The number of aliphatic carboxylic acids is 1. The lowest BCUT2D eigenvalue weighted by Crippen LogP contribution is -2.57. The van der Waals surface area contributed by atoms with E-state index >= 15 is 0 Å². The summed E-state index contributed by atoms with van der Waals surface area (Å²) in [7, 11) is 1.56. The molecule has 0 radical (unpaired) electrons. The largest absolute Gasteiger partial charge is 0.480 e. The van der Waals surface area contributed by atoms with Crippen molar-refractivity contribution in [3.8, 4) is 0 Å². The number of carbonyl (C=O) groups is 5. The Bertz CT molecular complexity index is 867. The molecule has 0 spiro atoms. The number of carboxylic acids is 1. The number of carbonyl (C=O) groups excluding carboxylic acids is 4. The van der Waals surface area contributed by atoms with Crippen LogP contribution < -0.4 is 44.2 Å². The van der Waals surface area contributed by atoms with Crippen LogP contribution in [0.2, 0.25) is 0 Å². The summed E-state index contributed by atoms with van der Waals surface area (Å²) in [6, 6.07) is -4.04. The van der Waals surface area contributed by atoms with Crippen LogP contribution in [0.3, 0.4) is 0 Å². The Morgan fingerprint density at radius 3 is 1.63 bits per heavy atom. The van der Waals surface area contributed by atoms with Crippen LogP contribution in [0.15, 0.2) is 0 Å². The maximum absolute atomic E-state index is 13.4. The minimum atomic E-state index is -1.19. The van der Waals surface area contributed by atoms with Crippen LogP contribution in [-0.2, 0) is 33.4 Å². The summed E-state index contributed by atoms with van der Waals surface area (Å²) in [5.41, 5.74) is 22.7. The Labute approximate surface area is 273 Å². The molecule has 13 N–H and O–H groups in total. The second kappa shape index (κ2) is 28.3. The number of amides is 4. The summed E-state index contributed by atoms with van der Waals surface area (Å²) >= 11 is 0. The van der Waals surface area contributed by atoms with Crippen molar-refractivity contribution in [3.05, 3.63) is 0 Å². The molecule has 0 fully saturated rings. The van der Waals surface area contributed by atoms with Gasteiger partial charge in [0.2, 0.25) is 23.6 Å². The molecule has 0 heterocycles. The quantitative estimate of drug-likeness (QED) is 0.0402. The first-order chi connectivity index (χ1) is 22.1. The van der Waals surface area contributed by atoms with Gasteiger partial charge >= 0.3 is 5.97 Å². The van der Waals surface area contributed by atoms with Crippen molar-refractivity contribution in [1.29, 1.82) is 0 Å². The average Bonchev–Trinajstić information content (AvgIpc) is 3.02. The van der Waals surface area contributed by atoms with E-state index in [9.17, 15) is 29.1 Å². The van der Waals surface area contributed by atoms with Gasteiger partial charge in [0, 0.05) is 20.1 Å². The van der Waals surface area contributed by atoms with E-state index in [2.05, 4.69) is 21.3 Å². The first-order valence-corrected chi connectivity index (χ1v) is 16.4. The first-order valence-electron chi connectivity index (χ1n) is 16.4. The van der Waals surface area contributed by atoms with Crippen LogP contribution in [0.25, 0.3) is 0 Å². The van der Waals surface area contributed by atoms with Crippen molar-refractivity contribution < 1.29 is 38.6 Å². The van der Waals surface area contributed by atoms with Crippen LogP contribution >= 0.6 is 0 Å². The van der Waals surface area contributed by atoms with Gasteiger partial charge in [-0.25, -0.2) is 4.79 Å². The number of hydrogen-bond acceptors (Lipinski definition) is 11. The number of nitrogens with one attached hydrogen (secondary N) is 4. The fourth-order valence-corrected chi connectivity index (χ4v) is 4.44. The van der Waals surface area contributed by atoms with E-state index in [0.717, 1.165) is 0 Å². The molecule has 0 aromatic rings. The van der Waals surface area contributed by atoms with Gasteiger partial charge in [-0.2, -0.15) is 0 Å². The van der Waals surface area contributed by atoms with Gasteiger partial charge in [-0.15, -0.1) is 0 Å². The van der Waals surface area contributed by atoms with Crippen molar-refractivity contribution in [2.45, 2.75) is 108 Å². The molecule has 0 aliphatic carbocycles. The van der Waals surface area contributed by atoms with E-state index in [1.807, 2.05) is 0 Å². The molecule has 4 atom stereocenters. The molecule has 0 aliphatic heterocycles. The molecule has 4 amide bonds. The Morgan fingerprint density at radius 2 is 1.11 bits per heavy atom. The molecular formula is C30H60N8O8. The summed E-state index contributed by atoms with van der Waals surface area (Å²) in [5.74, 6) is -3.11. The van der Waals surface area contributed by atoms with Crippen molar-refractivity contribution in [2.75, 3.05) is 53.1 Å². The Hall–Kier alpha value is -2.89. The van der Waals surface area contributed by atoms with Crippen LogP contribution in [0, 0.1) is 0 Å². The molecule has 0 saturated carbocycles. The van der Waals surface area contributed by atoms with Gasteiger partial charge in [-0.3, -0.25) is 19.2 Å². The average molecular weight is 661 g/mol. The van der Waals surface area contributed by atoms with E-state index in [1.54, 1.807) is 7.11 Å². The van der Waals surface area contributed by atoms with Gasteiger partial charge in [0.1, 0.15) is 18.1 Å². The standard InChI is InChI=1S/C30H60N8O8/c1-45-20-21-46-19-14-26(39)35-18-9-5-12-24(29(42)38-25(30(43)44)13-4-8-17-33)37-28(41)23(11-3-7-16-32)36-27(40)22(34)10-2-6-15-31/h22-25H,2-21,31-34H2,1H3,(H,35,39)(H,36,40)(H,37,41)(H,38,42)(H,43,44). The van der Waals surface area contributed by atoms with Gasteiger partial charge in [0.05, 0.1) is 25.9 Å². The van der Waals surface area contributed by atoms with E-state index < -0.39 is 47.9 Å². The Balaban J connectivity index is 5.45. The Kier molecular flexibility index (Phi) is 26.6. The van der Waals surface area contributed by atoms with Crippen molar-refractivity contribution in [2.24, 2.45) is 22.9 Å². The fourth-order valence-electron chi connectivity index (χ4n) is 4.44. The zero-order valence-electron chi connectivity index (χ0n) is 27.6. The SMILES string of the molecule is COCCOCCC(=O)NCCCCC(NC(=O)C(CCCCN)NC(=O)C(N)CCCCN)C(=O)NC(CCCCN)C(=O)O.